The van der Waals surface area contributed by atoms with Gasteiger partial charge in [0.05, 0.1) is 6.26 Å². The molecule has 26 heavy (non-hydrogen) atoms. The van der Waals surface area contributed by atoms with Gasteiger partial charge < -0.3 is 9.32 Å². The lowest BCUT2D eigenvalue weighted by Crippen LogP contribution is -2.45. The van der Waals surface area contributed by atoms with Gasteiger partial charge >= 0.3 is 0 Å². The van der Waals surface area contributed by atoms with E-state index in [9.17, 15) is 0 Å². The number of likely N-dealkylation sites (tertiary alicyclic amines) is 2. The lowest BCUT2D eigenvalue weighted by atomic mass is 9.79. The van der Waals surface area contributed by atoms with E-state index in [2.05, 4.69) is 52.3 Å². The van der Waals surface area contributed by atoms with Crippen LogP contribution in [0.1, 0.15) is 30.6 Å². The first-order valence-corrected chi connectivity index (χ1v) is 10.0. The summed E-state index contributed by atoms with van der Waals surface area (Å²) < 4.78 is 5.37. The van der Waals surface area contributed by atoms with Gasteiger partial charge in [-0.3, -0.25) is 4.90 Å². The number of nitrogens with zero attached hydrogens (tertiary/aromatic N) is 2. The first kappa shape index (κ1) is 17.6. The molecule has 0 amide bonds. The highest BCUT2D eigenvalue weighted by Gasteiger charge is 2.40. The Kier molecular flexibility index (Phi) is 5.57. The maximum atomic E-state index is 5.37. The first-order valence-electron chi connectivity index (χ1n) is 10.0. The second-order valence-corrected chi connectivity index (χ2v) is 8.02. The Balaban J connectivity index is 1.27. The third-order valence-electron chi connectivity index (χ3n) is 6.01. The molecule has 1 aromatic carbocycles. The number of hydrogen-bond donors (Lipinski definition) is 0. The molecule has 2 aromatic rings. The van der Waals surface area contributed by atoms with E-state index in [0.717, 1.165) is 12.3 Å². The predicted octanol–water partition coefficient (Wildman–Crippen LogP) is 4.32. The predicted molar refractivity (Wildman–Crippen MR) is 107 cm³/mol. The van der Waals surface area contributed by atoms with Crippen molar-refractivity contribution in [1.82, 2.24) is 9.80 Å². The minimum atomic E-state index is 0.521. The molecule has 0 bridgehead atoms. The zero-order valence-corrected chi connectivity index (χ0v) is 15.6. The summed E-state index contributed by atoms with van der Waals surface area (Å²) in [5, 5.41) is 0. The minimum Gasteiger partial charge on any atom is -0.465 e. The average molecular weight is 351 g/mol. The number of rotatable bonds is 6. The summed E-state index contributed by atoms with van der Waals surface area (Å²) in [6, 6.07) is 14.9. The molecule has 2 saturated heterocycles. The molecule has 2 aliphatic heterocycles. The molecule has 3 heterocycles. The van der Waals surface area contributed by atoms with Crippen LogP contribution < -0.4 is 0 Å². The van der Waals surface area contributed by atoms with Crippen LogP contribution in [0, 0.1) is 5.41 Å². The standard InChI is InChI=1S/C23H30N2O/c1-2-7-21(8-3-1)11-16-24-15-6-12-23(19-24)13-17-25(20-23)14-4-9-22-10-5-18-26-22/h1-5,7-10,18H,6,11-17,19-20H2/b9-4+. The van der Waals surface area contributed by atoms with Crippen LogP contribution in [0.15, 0.2) is 59.2 Å². The molecule has 4 rings (SSSR count). The molecule has 1 spiro atoms. The van der Waals surface area contributed by atoms with Crippen molar-refractivity contribution in [3.05, 3.63) is 66.1 Å². The lowest BCUT2D eigenvalue weighted by Gasteiger charge is -2.40. The fourth-order valence-electron chi connectivity index (χ4n) is 4.65. The van der Waals surface area contributed by atoms with Gasteiger partial charge in [-0.2, -0.15) is 0 Å². The number of furan rings is 1. The highest BCUT2D eigenvalue weighted by Crippen LogP contribution is 2.38. The van der Waals surface area contributed by atoms with Crippen molar-refractivity contribution >= 4 is 6.08 Å². The quantitative estimate of drug-likeness (QED) is 0.773. The van der Waals surface area contributed by atoms with E-state index in [1.54, 1.807) is 6.26 Å². The van der Waals surface area contributed by atoms with Crippen molar-refractivity contribution in [2.75, 3.05) is 39.3 Å². The molecule has 1 unspecified atom stereocenters. The van der Waals surface area contributed by atoms with Gasteiger partial charge in [0.2, 0.25) is 0 Å². The molecule has 138 valence electrons. The van der Waals surface area contributed by atoms with Crippen molar-refractivity contribution in [2.24, 2.45) is 5.41 Å². The molecule has 2 fully saturated rings. The monoisotopic (exact) mass is 350 g/mol. The summed E-state index contributed by atoms with van der Waals surface area (Å²) in [5.74, 6) is 0.948. The molecule has 2 aliphatic rings. The normalized spacial score (nSPS) is 24.8. The van der Waals surface area contributed by atoms with Gasteiger partial charge in [-0.15, -0.1) is 0 Å². The van der Waals surface area contributed by atoms with Gasteiger partial charge in [0.15, 0.2) is 0 Å². The van der Waals surface area contributed by atoms with Crippen LogP contribution >= 0.6 is 0 Å². The molecule has 3 nitrogen and oxygen atoms in total. The highest BCUT2D eigenvalue weighted by atomic mass is 16.3. The number of benzene rings is 1. The summed E-state index contributed by atoms with van der Waals surface area (Å²) in [5.41, 5.74) is 1.98. The summed E-state index contributed by atoms with van der Waals surface area (Å²) in [4.78, 5) is 5.32. The van der Waals surface area contributed by atoms with Crippen molar-refractivity contribution in [3.8, 4) is 0 Å². The average Bonchev–Trinajstić information content (AvgIpc) is 3.32. The Morgan fingerprint density at radius 3 is 2.69 bits per heavy atom. The van der Waals surface area contributed by atoms with Crippen molar-refractivity contribution < 1.29 is 4.42 Å². The van der Waals surface area contributed by atoms with Crippen LogP contribution in [0.2, 0.25) is 0 Å². The highest BCUT2D eigenvalue weighted by molar-refractivity contribution is 5.42. The van der Waals surface area contributed by atoms with Crippen LogP contribution in [0.5, 0.6) is 0 Å². The van der Waals surface area contributed by atoms with E-state index in [1.165, 1.54) is 64.0 Å². The zero-order valence-electron chi connectivity index (χ0n) is 15.6. The molecule has 0 saturated carbocycles. The van der Waals surface area contributed by atoms with E-state index in [4.69, 9.17) is 4.42 Å². The Labute approximate surface area is 157 Å². The van der Waals surface area contributed by atoms with Crippen molar-refractivity contribution in [2.45, 2.75) is 25.7 Å². The van der Waals surface area contributed by atoms with Crippen LogP contribution in [0.25, 0.3) is 6.08 Å². The second-order valence-electron chi connectivity index (χ2n) is 8.02. The molecule has 0 aliphatic carbocycles. The third kappa shape index (κ3) is 4.46. The van der Waals surface area contributed by atoms with Gasteiger partial charge in [-0.1, -0.05) is 36.4 Å². The van der Waals surface area contributed by atoms with E-state index < -0.39 is 0 Å². The maximum Gasteiger partial charge on any atom is 0.126 e. The molecular formula is C23H30N2O. The lowest BCUT2D eigenvalue weighted by molar-refractivity contribution is 0.0950. The zero-order chi connectivity index (χ0) is 17.7. The Hall–Kier alpha value is -1.84. The fraction of sp³-hybridized carbons (Fsp3) is 0.478. The smallest absolute Gasteiger partial charge is 0.126 e. The molecule has 1 atom stereocenters. The molecule has 3 heteroatoms. The van der Waals surface area contributed by atoms with Gasteiger partial charge in [-0.05, 0) is 68.0 Å². The Morgan fingerprint density at radius 2 is 1.85 bits per heavy atom. The van der Waals surface area contributed by atoms with E-state index in [0.29, 0.717) is 5.41 Å². The number of hydrogen-bond acceptors (Lipinski definition) is 3. The van der Waals surface area contributed by atoms with Gasteiger partial charge in [0, 0.05) is 26.2 Å². The summed E-state index contributed by atoms with van der Waals surface area (Å²) in [6.45, 7) is 7.26. The molecular weight excluding hydrogens is 320 g/mol. The third-order valence-corrected chi connectivity index (χ3v) is 6.01. The van der Waals surface area contributed by atoms with Crippen LogP contribution in [-0.2, 0) is 6.42 Å². The second kappa shape index (κ2) is 8.24. The van der Waals surface area contributed by atoms with Gasteiger partial charge in [0.1, 0.15) is 5.76 Å². The van der Waals surface area contributed by atoms with Crippen LogP contribution in [0.4, 0.5) is 0 Å². The maximum absolute atomic E-state index is 5.37. The topological polar surface area (TPSA) is 19.6 Å². The van der Waals surface area contributed by atoms with Crippen molar-refractivity contribution in [3.63, 3.8) is 0 Å². The van der Waals surface area contributed by atoms with Gasteiger partial charge in [0.25, 0.3) is 0 Å². The Bertz CT molecular complexity index is 694. The molecule has 1 aromatic heterocycles. The summed E-state index contributed by atoms with van der Waals surface area (Å²) in [7, 11) is 0. The number of piperidine rings is 1. The summed E-state index contributed by atoms with van der Waals surface area (Å²) in [6.07, 6.45) is 11.3. The van der Waals surface area contributed by atoms with E-state index >= 15 is 0 Å². The minimum absolute atomic E-state index is 0.521. The van der Waals surface area contributed by atoms with Gasteiger partial charge in [-0.25, -0.2) is 0 Å². The largest absolute Gasteiger partial charge is 0.465 e. The molecule has 0 radical (unpaired) electrons. The Morgan fingerprint density at radius 1 is 0.962 bits per heavy atom. The van der Waals surface area contributed by atoms with E-state index in [1.807, 2.05) is 12.1 Å². The van der Waals surface area contributed by atoms with Crippen LogP contribution in [-0.4, -0.2) is 49.1 Å². The van der Waals surface area contributed by atoms with Crippen LogP contribution in [0.3, 0.4) is 0 Å². The fourth-order valence-corrected chi connectivity index (χ4v) is 4.65. The van der Waals surface area contributed by atoms with E-state index in [-0.39, 0.29) is 0 Å². The van der Waals surface area contributed by atoms with Crippen molar-refractivity contribution in [1.29, 1.82) is 0 Å². The first-order chi connectivity index (χ1) is 12.8. The summed E-state index contributed by atoms with van der Waals surface area (Å²) >= 11 is 0. The SMILES string of the molecule is C(=C\c1ccco1)/CN1CCC2(CCCN(CCc3ccccc3)C2)C1. The molecule has 0 N–H and O–H groups in total.